The van der Waals surface area contributed by atoms with Crippen molar-refractivity contribution >= 4 is 62.0 Å². The van der Waals surface area contributed by atoms with Crippen molar-refractivity contribution < 1.29 is 19.1 Å². The largest absolute Gasteiger partial charge is 0.444 e. The van der Waals surface area contributed by atoms with Crippen LogP contribution in [-0.4, -0.2) is 77.6 Å². The number of aromatic nitrogens is 1. The molecule has 1 fully saturated rings. The number of halogens is 2. The van der Waals surface area contributed by atoms with Gasteiger partial charge in [0.2, 0.25) is 0 Å². The van der Waals surface area contributed by atoms with Crippen molar-refractivity contribution in [2.45, 2.75) is 26.4 Å². The average molecular weight is 605 g/mol. The number of nitrogens with zero attached hydrogens (tertiary/aromatic N) is 2. The van der Waals surface area contributed by atoms with Gasteiger partial charge in [-0.1, -0.05) is 33.6 Å². The fourth-order valence-corrected chi connectivity index (χ4v) is 4.69. The molecule has 1 saturated heterocycles. The molecule has 0 spiro atoms. The first-order valence-electron chi connectivity index (χ1n) is 12.4. The zero-order valence-corrected chi connectivity index (χ0v) is 23.9. The number of ether oxygens (including phenoxy) is 1. The first kappa shape index (κ1) is 27.9. The summed E-state index contributed by atoms with van der Waals surface area (Å²) in [5.74, 6) is -0.768. The molecule has 2 aromatic carbocycles. The van der Waals surface area contributed by atoms with Crippen molar-refractivity contribution in [1.82, 2.24) is 20.1 Å². The molecule has 0 aliphatic carbocycles. The fraction of sp³-hybridized carbons (Fsp3) is 0.370. The third kappa shape index (κ3) is 7.06. The van der Waals surface area contributed by atoms with E-state index in [2.05, 4.69) is 36.4 Å². The Morgan fingerprint density at radius 2 is 1.71 bits per heavy atom. The molecule has 3 aromatic rings. The zero-order valence-electron chi connectivity index (χ0n) is 21.6. The number of hydrogen-bond donors (Lipinski definition) is 3. The van der Waals surface area contributed by atoms with Crippen molar-refractivity contribution in [3.63, 3.8) is 0 Å². The van der Waals surface area contributed by atoms with Gasteiger partial charge >= 0.3 is 6.09 Å². The number of anilines is 1. The molecule has 0 unspecified atom stereocenters. The fourth-order valence-electron chi connectivity index (χ4n) is 4.20. The van der Waals surface area contributed by atoms with Crippen LogP contribution in [0.5, 0.6) is 0 Å². The molecular weight excluding hydrogens is 574 g/mol. The van der Waals surface area contributed by atoms with E-state index in [1.807, 2.05) is 32.9 Å². The predicted octanol–water partition coefficient (Wildman–Crippen LogP) is 5.12. The Bertz CT molecular complexity index is 1330. The summed E-state index contributed by atoms with van der Waals surface area (Å²) in [6.07, 6.45) is -0.305. The van der Waals surface area contributed by atoms with Crippen molar-refractivity contribution in [3.8, 4) is 0 Å². The number of nitrogens with one attached hydrogen (secondary N) is 3. The molecule has 0 radical (unpaired) electrons. The summed E-state index contributed by atoms with van der Waals surface area (Å²) in [5.41, 5.74) is 1.17. The van der Waals surface area contributed by atoms with E-state index in [-0.39, 0.29) is 23.3 Å². The molecule has 1 aromatic heterocycles. The Labute approximate surface area is 235 Å². The van der Waals surface area contributed by atoms with E-state index in [4.69, 9.17) is 16.3 Å². The summed E-state index contributed by atoms with van der Waals surface area (Å²) in [6.45, 7) is 9.07. The lowest BCUT2D eigenvalue weighted by Crippen LogP contribution is -2.51. The van der Waals surface area contributed by atoms with Crippen LogP contribution in [0.1, 0.15) is 41.6 Å². The van der Waals surface area contributed by atoms with Crippen molar-refractivity contribution in [3.05, 3.63) is 63.2 Å². The Kier molecular flexibility index (Phi) is 8.64. The number of carbonyl (C=O) groups excluding carboxylic acids is 3. The topological polar surface area (TPSA) is 107 Å². The summed E-state index contributed by atoms with van der Waals surface area (Å²) in [7, 11) is 0. The molecule has 38 heavy (non-hydrogen) atoms. The third-order valence-electron chi connectivity index (χ3n) is 6.05. The lowest BCUT2D eigenvalue weighted by atomic mass is 10.1. The lowest BCUT2D eigenvalue weighted by Gasteiger charge is -2.35. The van der Waals surface area contributed by atoms with Gasteiger partial charge in [-0.25, -0.2) is 4.79 Å². The minimum absolute atomic E-state index is 0.177. The molecule has 9 nitrogen and oxygen atoms in total. The van der Waals surface area contributed by atoms with Gasteiger partial charge < -0.3 is 25.3 Å². The molecule has 0 atom stereocenters. The van der Waals surface area contributed by atoms with Crippen LogP contribution in [0.25, 0.3) is 10.9 Å². The van der Waals surface area contributed by atoms with Crippen LogP contribution in [0.2, 0.25) is 5.02 Å². The van der Waals surface area contributed by atoms with Gasteiger partial charge in [0, 0.05) is 65.4 Å². The summed E-state index contributed by atoms with van der Waals surface area (Å²) >= 11 is 9.39. The standard InChI is InChI=1S/C27H31BrClN5O4/c1-27(2,3)38-26(37)34-14-12-33(13-15-34)11-10-30-24(35)22-20-9-4-17(28)16-21(20)32-23(22)25(36)31-19-7-5-18(29)6-8-19/h4-9,16,32H,10-15H2,1-3H3,(H,30,35)(H,31,36). The number of carbonyl (C=O) groups is 3. The minimum Gasteiger partial charge on any atom is -0.444 e. The van der Waals surface area contributed by atoms with E-state index < -0.39 is 11.5 Å². The molecule has 1 aliphatic rings. The molecule has 1 aliphatic heterocycles. The number of amides is 3. The highest BCUT2D eigenvalue weighted by molar-refractivity contribution is 9.10. The van der Waals surface area contributed by atoms with Crippen LogP contribution in [-0.2, 0) is 4.74 Å². The van der Waals surface area contributed by atoms with E-state index >= 15 is 0 Å². The molecule has 0 bridgehead atoms. The summed E-state index contributed by atoms with van der Waals surface area (Å²) in [4.78, 5) is 45.7. The number of H-pyrrole nitrogens is 1. The first-order chi connectivity index (χ1) is 18.0. The highest BCUT2D eigenvalue weighted by Crippen LogP contribution is 2.27. The predicted molar refractivity (Wildman–Crippen MR) is 152 cm³/mol. The molecular formula is C27H31BrClN5O4. The smallest absolute Gasteiger partial charge is 0.410 e. The number of piperazine rings is 1. The van der Waals surface area contributed by atoms with E-state index in [0.29, 0.717) is 60.9 Å². The maximum absolute atomic E-state index is 13.3. The second-order valence-corrected chi connectivity index (χ2v) is 11.4. The molecule has 3 amide bonds. The van der Waals surface area contributed by atoms with Crippen molar-refractivity contribution in [2.75, 3.05) is 44.6 Å². The highest BCUT2D eigenvalue weighted by atomic mass is 79.9. The number of benzene rings is 2. The third-order valence-corrected chi connectivity index (χ3v) is 6.80. The quantitative estimate of drug-likeness (QED) is 0.362. The Hall–Kier alpha value is -3.08. The number of rotatable bonds is 6. The monoisotopic (exact) mass is 603 g/mol. The minimum atomic E-state index is -0.526. The van der Waals surface area contributed by atoms with Crippen molar-refractivity contribution in [1.29, 1.82) is 0 Å². The van der Waals surface area contributed by atoms with E-state index in [1.165, 1.54) is 0 Å². The van der Waals surface area contributed by atoms with E-state index in [1.54, 1.807) is 35.2 Å². The summed E-state index contributed by atoms with van der Waals surface area (Å²) < 4.78 is 6.28. The lowest BCUT2D eigenvalue weighted by molar-refractivity contribution is 0.0147. The second kappa shape index (κ2) is 11.8. The summed E-state index contributed by atoms with van der Waals surface area (Å²) in [5, 5.41) is 6.99. The normalized spacial score (nSPS) is 14.4. The Morgan fingerprint density at radius 1 is 1.03 bits per heavy atom. The SMILES string of the molecule is CC(C)(C)OC(=O)N1CCN(CCNC(=O)c2c(C(=O)Nc3ccc(Cl)cc3)[nH]c3cc(Br)ccc23)CC1. The van der Waals surface area contributed by atoms with Gasteiger partial charge in [0.1, 0.15) is 11.3 Å². The molecule has 2 heterocycles. The van der Waals surface area contributed by atoms with Crippen LogP contribution in [0.4, 0.5) is 10.5 Å². The maximum Gasteiger partial charge on any atom is 0.410 e. The number of fused-ring (bicyclic) bond motifs is 1. The molecule has 4 rings (SSSR count). The average Bonchev–Trinajstić information content (AvgIpc) is 3.23. The van der Waals surface area contributed by atoms with Crippen LogP contribution in [0, 0.1) is 0 Å². The number of hydrogen-bond acceptors (Lipinski definition) is 5. The maximum atomic E-state index is 13.3. The van der Waals surface area contributed by atoms with Gasteiger partial charge in [-0.3, -0.25) is 14.5 Å². The Balaban J connectivity index is 1.39. The zero-order chi connectivity index (χ0) is 27.4. The Morgan fingerprint density at radius 3 is 2.37 bits per heavy atom. The van der Waals surface area contributed by atoms with Gasteiger partial charge in [0.25, 0.3) is 11.8 Å². The van der Waals surface area contributed by atoms with Gasteiger partial charge in [0.15, 0.2) is 0 Å². The highest BCUT2D eigenvalue weighted by Gasteiger charge is 2.27. The second-order valence-electron chi connectivity index (χ2n) is 10.1. The molecule has 11 heteroatoms. The van der Waals surface area contributed by atoms with Crippen molar-refractivity contribution in [2.24, 2.45) is 0 Å². The first-order valence-corrected chi connectivity index (χ1v) is 13.5. The summed E-state index contributed by atoms with van der Waals surface area (Å²) in [6, 6.07) is 12.2. The molecule has 0 saturated carbocycles. The van der Waals surface area contributed by atoms with Gasteiger partial charge in [0.05, 0.1) is 5.56 Å². The van der Waals surface area contributed by atoms with E-state index in [9.17, 15) is 14.4 Å². The van der Waals surface area contributed by atoms with Crippen LogP contribution in [0.15, 0.2) is 46.9 Å². The van der Waals surface area contributed by atoms with Gasteiger partial charge in [-0.15, -0.1) is 0 Å². The van der Waals surface area contributed by atoms with E-state index in [0.717, 1.165) is 4.47 Å². The molecule has 202 valence electrons. The van der Waals surface area contributed by atoms with Gasteiger partial charge in [-0.2, -0.15) is 0 Å². The van der Waals surface area contributed by atoms with Crippen LogP contribution in [0.3, 0.4) is 0 Å². The molecule has 3 N–H and O–H groups in total. The van der Waals surface area contributed by atoms with Crippen LogP contribution < -0.4 is 10.6 Å². The number of aromatic amines is 1. The van der Waals surface area contributed by atoms with Crippen LogP contribution >= 0.6 is 27.5 Å². The van der Waals surface area contributed by atoms with Gasteiger partial charge in [-0.05, 0) is 57.2 Å².